The number of phenolic OH excluding ortho intramolecular Hbond substituents is 1. The molecule has 0 fully saturated rings. The molecule has 2 aromatic rings. The first kappa shape index (κ1) is 22.9. The van der Waals surface area contributed by atoms with Crippen LogP contribution >= 0.6 is 0 Å². The van der Waals surface area contributed by atoms with Gasteiger partial charge in [0.2, 0.25) is 5.91 Å². The molecule has 4 N–H and O–H groups in total. The number of aryl methyl sites for hydroxylation is 1. The molecule has 0 spiro atoms. The Kier molecular flexibility index (Phi) is 8.41. The lowest BCUT2D eigenvalue weighted by Gasteiger charge is -2.22. The molecular formula is C23H29N3O4. The number of benzene rings is 2. The number of hydrogen-bond acceptors (Lipinski definition) is 4. The third-order valence-electron chi connectivity index (χ3n) is 4.60. The van der Waals surface area contributed by atoms with E-state index in [-0.39, 0.29) is 29.4 Å². The fourth-order valence-corrected chi connectivity index (χ4v) is 2.83. The topological polar surface area (TPSA) is 108 Å². The van der Waals surface area contributed by atoms with Crippen molar-refractivity contribution in [3.63, 3.8) is 0 Å². The standard InChI is InChI=1S/C23H29N3O4/c1-15(2)20(26-22(29)17-10-8-16(3)9-11-17)23(30)25-13-5-12-24-21(28)18-6-4-7-19(27)14-18/h4,6-11,14-15,20,27H,5,12-13H2,1-3H3,(H,24,28)(H,25,30)(H,26,29). The van der Waals surface area contributed by atoms with Gasteiger partial charge in [0.05, 0.1) is 0 Å². The Morgan fingerprint density at radius 1 is 0.900 bits per heavy atom. The van der Waals surface area contributed by atoms with Crippen molar-refractivity contribution >= 4 is 17.7 Å². The zero-order valence-electron chi connectivity index (χ0n) is 17.6. The highest BCUT2D eigenvalue weighted by Crippen LogP contribution is 2.10. The molecule has 0 aliphatic heterocycles. The summed E-state index contributed by atoms with van der Waals surface area (Å²) in [6.45, 7) is 6.42. The molecule has 0 saturated heterocycles. The molecule has 160 valence electrons. The summed E-state index contributed by atoms with van der Waals surface area (Å²) in [5.41, 5.74) is 1.94. The van der Waals surface area contributed by atoms with Crippen molar-refractivity contribution in [3.8, 4) is 5.75 Å². The van der Waals surface area contributed by atoms with Gasteiger partial charge in [0.25, 0.3) is 11.8 Å². The molecule has 0 aliphatic carbocycles. The zero-order chi connectivity index (χ0) is 22.1. The van der Waals surface area contributed by atoms with Crippen LogP contribution in [0.5, 0.6) is 5.75 Å². The van der Waals surface area contributed by atoms with Gasteiger partial charge in [-0.05, 0) is 49.6 Å². The van der Waals surface area contributed by atoms with E-state index in [4.69, 9.17) is 0 Å². The molecule has 3 amide bonds. The van der Waals surface area contributed by atoms with Gasteiger partial charge < -0.3 is 21.1 Å². The second-order valence-corrected chi connectivity index (χ2v) is 7.51. The molecule has 1 unspecified atom stereocenters. The van der Waals surface area contributed by atoms with Crippen LogP contribution in [-0.2, 0) is 4.79 Å². The molecule has 2 aromatic carbocycles. The Balaban J connectivity index is 1.77. The van der Waals surface area contributed by atoms with Gasteiger partial charge >= 0.3 is 0 Å². The quantitative estimate of drug-likeness (QED) is 0.475. The number of carbonyl (C=O) groups excluding carboxylic acids is 3. The fraction of sp³-hybridized carbons (Fsp3) is 0.348. The third-order valence-corrected chi connectivity index (χ3v) is 4.60. The summed E-state index contributed by atoms with van der Waals surface area (Å²) in [7, 11) is 0. The van der Waals surface area contributed by atoms with Crippen LogP contribution in [0, 0.1) is 12.8 Å². The molecule has 7 nitrogen and oxygen atoms in total. The zero-order valence-corrected chi connectivity index (χ0v) is 17.6. The summed E-state index contributed by atoms with van der Waals surface area (Å²) >= 11 is 0. The van der Waals surface area contributed by atoms with E-state index in [1.54, 1.807) is 24.3 Å². The summed E-state index contributed by atoms with van der Waals surface area (Å²) in [6.07, 6.45) is 0.535. The average molecular weight is 412 g/mol. The van der Waals surface area contributed by atoms with E-state index < -0.39 is 6.04 Å². The molecule has 0 aromatic heterocycles. The molecule has 0 aliphatic rings. The van der Waals surface area contributed by atoms with Crippen LogP contribution in [0.4, 0.5) is 0 Å². The molecule has 0 radical (unpaired) electrons. The van der Waals surface area contributed by atoms with E-state index in [1.165, 1.54) is 12.1 Å². The maximum absolute atomic E-state index is 12.5. The largest absolute Gasteiger partial charge is 0.508 e. The first-order valence-corrected chi connectivity index (χ1v) is 10.0. The SMILES string of the molecule is Cc1ccc(C(=O)NC(C(=O)NCCCNC(=O)c2cccc(O)c2)C(C)C)cc1. The maximum atomic E-state index is 12.5. The van der Waals surface area contributed by atoms with E-state index in [1.807, 2.05) is 32.9 Å². The number of carbonyl (C=O) groups is 3. The second-order valence-electron chi connectivity index (χ2n) is 7.51. The predicted octanol–water partition coefficient (Wildman–Crippen LogP) is 2.39. The normalized spacial score (nSPS) is 11.6. The molecule has 0 heterocycles. The summed E-state index contributed by atoms with van der Waals surface area (Å²) in [6, 6.07) is 12.6. The van der Waals surface area contributed by atoms with Crippen molar-refractivity contribution in [2.45, 2.75) is 33.2 Å². The van der Waals surface area contributed by atoms with Crippen molar-refractivity contribution in [2.75, 3.05) is 13.1 Å². The Morgan fingerprint density at radius 3 is 2.20 bits per heavy atom. The number of rotatable bonds is 9. The van der Waals surface area contributed by atoms with Crippen molar-refractivity contribution in [1.82, 2.24) is 16.0 Å². The van der Waals surface area contributed by atoms with E-state index in [0.29, 0.717) is 30.6 Å². The number of phenols is 1. The minimum atomic E-state index is -0.652. The third kappa shape index (κ3) is 6.92. The average Bonchev–Trinajstić information content (AvgIpc) is 2.71. The van der Waals surface area contributed by atoms with Gasteiger partial charge in [-0.25, -0.2) is 0 Å². The minimum absolute atomic E-state index is 0.0299. The van der Waals surface area contributed by atoms with E-state index in [9.17, 15) is 19.5 Å². The van der Waals surface area contributed by atoms with E-state index in [0.717, 1.165) is 5.56 Å². The van der Waals surface area contributed by atoms with Crippen LogP contribution in [0.15, 0.2) is 48.5 Å². The lowest BCUT2D eigenvalue weighted by atomic mass is 10.0. The highest BCUT2D eigenvalue weighted by atomic mass is 16.3. The smallest absolute Gasteiger partial charge is 0.251 e. The highest BCUT2D eigenvalue weighted by Gasteiger charge is 2.24. The Morgan fingerprint density at radius 2 is 1.57 bits per heavy atom. The summed E-state index contributed by atoms with van der Waals surface area (Å²) in [5, 5.41) is 17.8. The first-order chi connectivity index (χ1) is 14.3. The Labute approximate surface area is 176 Å². The molecule has 30 heavy (non-hydrogen) atoms. The van der Waals surface area contributed by atoms with Crippen LogP contribution in [0.3, 0.4) is 0 Å². The van der Waals surface area contributed by atoms with Crippen LogP contribution < -0.4 is 16.0 Å². The van der Waals surface area contributed by atoms with Crippen LogP contribution in [0.25, 0.3) is 0 Å². The van der Waals surface area contributed by atoms with Gasteiger partial charge in [0.1, 0.15) is 11.8 Å². The monoisotopic (exact) mass is 411 g/mol. The van der Waals surface area contributed by atoms with Crippen LogP contribution in [0.1, 0.15) is 46.5 Å². The van der Waals surface area contributed by atoms with Crippen molar-refractivity contribution in [3.05, 3.63) is 65.2 Å². The Hall–Kier alpha value is -3.35. The van der Waals surface area contributed by atoms with Gasteiger partial charge in [-0.15, -0.1) is 0 Å². The number of aromatic hydroxyl groups is 1. The lowest BCUT2D eigenvalue weighted by molar-refractivity contribution is -0.123. The minimum Gasteiger partial charge on any atom is -0.508 e. The Bertz CT molecular complexity index is 878. The number of nitrogens with one attached hydrogen (secondary N) is 3. The number of hydrogen-bond donors (Lipinski definition) is 4. The lowest BCUT2D eigenvalue weighted by Crippen LogP contribution is -2.50. The number of amides is 3. The molecule has 0 bridgehead atoms. The van der Waals surface area contributed by atoms with Crippen molar-refractivity contribution < 1.29 is 19.5 Å². The van der Waals surface area contributed by atoms with E-state index >= 15 is 0 Å². The van der Waals surface area contributed by atoms with E-state index in [2.05, 4.69) is 16.0 Å². The molecule has 1 atom stereocenters. The van der Waals surface area contributed by atoms with Gasteiger partial charge in [0, 0.05) is 24.2 Å². The second kappa shape index (κ2) is 11.0. The van der Waals surface area contributed by atoms with Crippen molar-refractivity contribution in [1.29, 1.82) is 0 Å². The first-order valence-electron chi connectivity index (χ1n) is 10.0. The molecular weight excluding hydrogens is 382 g/mol. The van der Waals surface area contributed by atoms with Gasteiger partial charge in [-0.2, -0.15) is 0 Å². The highest BCUT2D eigenvalue weighted by molar-refractivity contribution is 5.97. The van der Waals surface area contributed by atoms with Gasteiger partial charge in [-0.1, -0.05) is 37.6 Å². The van der Waals surface area contributed by atoms with Gasteiger partial charge in [0.15, 0.2) is 0 Å². The van der Waals surface area contributed by atoms with Crippen molar-refractivity contribution in [2.24, 2.45) is 5.92 Å². The molecule has 0 saturated carbocycles. The summed E-state index contributed by atoms with van der Waals surface area (Å²) in [5.74, 6) is -0.887. The van der Waals surface area contributed by atoms with Crippen LogP contribution in [-0.4, -0.2) is 42.0 Å². The predicted molar refractivity (Wildman–Crippen MR) is 115 cm³/mol. The maximum Gasteiger partial charge on any atom is 0.251 e. The fourth-order valence-electron chi connectivity index (χ4n) is 2.83. The summed E-state index contributed by atoms with van der Waals surface area (Å²) in [4.78, 5) is 37.0. The molecule has 2 rings (SSSR count). The molecule has 7 heteroatoms. The van der Waals surface area contributed by atoms with Crippen LogP contribution in [0.2, 0.25) is 0 Å². The van der Waals surface area contributed by atoms with Gasteiger partial charge in [-0.3, -0.25) is 14.4 Å². The summed E-state index contributed by atoms with van der Waals surface area (Å²) < 4.78 is 0.